The molecule has 1 aliphatic heterocycles. The number of nitrogens with zero attached hydrogens (tertiary/aromatic N) is 1. The molecule has 0 radical (unpaired) electrons. The highest BCUT2D eigenvalue weighted by atomic mass is 16.5. The zero-order chi connectivity index (χ0) is 10.8. The Balaban J connectivity index is 1.89. The molecule has 0 saturated heterocycles. The van der Waals surface area contributed by atoms with Crippen LogP contribution in [-0.2, 0) is 11.3 Å². The van der Waals surface area contributed by atoms with Gasteiger partial charge in [-0.1, -0.05) is 24.3 Å². The van der Waals surface area contributed by atoms with Crippen LogP contribution in [0.1, 0.15) is 17.4 Å². The first-order valence-corrected chi connectivity index (χ1v) is 5.29. The number of para-hydroxylation sites is 1. The molecule has 1 atom stereocenters. The minimum atomic E-state index is -0.0939. The van der Waals surface area contributed by atoms with Crippen molar-refractivity contribution in [3.8, 4) is 0 Å². The Morgan fingerprint density at radius 2 is 2.12 bits per heavy atom. The van der Waals surface area contributed by atoms with E-state index in [1.165, 1.54) is 5.56 Å². The molecular weight excluding hydrogens is 200 g/mol. The van der Waals surface area contributed by atoms with Crippen molar-refractivity contribution >= 4 is 5.69 Å². The average Bonchev–Trinajstić information content (AvgIpc) is 2.39. The zero-order valence-corrected chi connectivity index (χ0v) is 8.76. The molecule has 1 unspecified atom stereocenters. The highest BCUT2D eigenvalue weighted by molar-refractivity contribution is 5.53. The van der Waals surface area contributed by atoms with Crippen molar-refractivity contribution in [3.63, 3.8) is 0 Å². The van der Waals surface area contributed by atoms with Gasteiger partial charge in [-0.15, -0.1) is 0 Å². The third-order valence-corrected chi connectivity index (χ3v) is 2.70. The highest BCUT2D eigenvalue weighted by Crippen LogP contribution is 2.29. The second-order valence-electron chi connectivity index (χ2n) is 3.78. The molecular formula is C13H12N2O. The Bertz CT molecular complexity index is 484. The lowest BCUT2D eigenvalue weighted by atomic mass is 10.1. The van der Waals surface area contributed by atoms with E-state index in [-0.39, 0.29) is 6.23 Å². The monoisotopic (exact) mass is 212 g/mol. The van der Waals surface area contributed by atoms with E-state index in [4.69, 9.17) is 4.74 Å². The molecule has 0 amide bonds. The van der Waals surface area contributed by atoms with E-state index in [1.807, 2.05) is 30.5 Å². The lowest BCUT2D eigenvalue weighted by molar-refractivity contribution is 0.0505. The summed E-state index contributed by atoms with van der Waals surface area (Å²) in [6.07, 6.45) is 3.50. The summed E-state index contributed by atoms with van der Waals surface area (Å²) in [5, 5.41) is 3.35. The van der Waals surface area contributed by atoms with Crippen molar-refractivity contribution in [2.75, 3.05) is 5.32 Å². The van der Waals surface area contributed by atoms with Crippen LogP contribution in [-0.4, -0.2) is 4.98 Å². The number of hydrogen-bond donors (Lipinski definition) is 1. The van der Waals surface area contributed by atoms with Crippen LogP contribution in [0, 0.1) is 0 Å². The molecule has 0 fully saturated rings. The summed E-state index contributed by atoms with van der Waals surface area (Å²) in [6, 6.07) is 12.1. The summed E-state index contributed by atoms with van der Waals surface area (Å²) >= 11 is 0. The van der Waals surface area contributed by atoms with Gasteiger partial charge in [0.1, 0.15) is 0 Å². The van der Waals surface area contributed by atoms with Crippen LogP contribution in [0.25, 0.3) is 0 Å². The van der Waals surface area contributed by atoms with E-state index in [0.29, 0.717) is 6.61 Å². The topological polar surface area (TPSA) is 34.2 Å². The summed E-state index contributed by atoms with van der Waals surface area (Å²) < 4.78 is 5.74. The van der Waals surface area contributed by atoms with Gasteiger partial charge < -0.3 is 10.1 Å². The van der Waals surface area contributed by atoms with E-state index >= 15 is 0 Å². The third-order valence-electron chi connectivity index (χ3n) is 2.70. The number of ether oxygens (including phenoxy) is 1. The predicted molar refractivity (Wildman–Crippen MR) is 61.8 cm³/mol. The number of hydrogen-bond acceptors (Lipinski definition) is 3. The van der Waals surface area contributed by atoms with Gasteiger partial charge in [-0.25, -0.2) is 0 Å². The Morgan fingerprint density at radius 3 is 3.00 bits per heavy atom. The van der Waals surface area contributed by atoms with Crippen molar-refractivity contribution in [1.82, 2.24) is 4.98 Å². The fourth-order valence-corrected chi connectivity index (χ4v) is 1.85. The highest BCUT2D eigenvalue weighted by Gasteiger charge is 2.18. The first-order valence-electron chi connectivity index (χ1n) is 5.29. The van der Waals surface area contributed by atoms with Gasteiger partial charge in [0.25, 0.3) is 0 Å². The lowest BCUT2D eigenvalue weighted by Gasteiger charge is -2.27. The molecule has 0 bridgehead atoms. The van der Waals surface area contributed by atoms with Crippen LogP contribution in [0.5, 0.6) is 0 Å². The van der Waals surface area contributed by atoms with Crippen molar-refractivity contribution in [3.05, 3.63) is 59.9 Å². The van der Waals surface area contributed by atoms with Gasteiger partial charge >= 0.3 is 0 Å². The predicted octanol–water partition coefficient (Wildman–Crippen LogP) is 2.72. The molecule has 1 aliphatic rings. The molecule has 0 spiro atoms. The van der Waals surface area contributed by atoms with Crippen molar-refractivity contribution < 1.29 is 4.74 Å². The van der Waals surface area contributed by atoms with Crippen LogP contribution < -0.4 is 5.32 Å². The number of pyridine rings is 1. The number of rotatable bonds is 1. The second-order valence-corrected chi connectivity index (χ2v) is 3.78. The summed E-state index contributed by atoms with van der Waals surface area (Å²) in [5.74, 6) is 0. The van der Waals surface area contributed by atoms with E-state index in [1.54, 1.807) is 6.20 Å². The Hall–Kier alpha value is -1.87. The number of nitrogens with one attached hydrogen (secondary N) is 1. The van der Waals surface area contributed by atoms with Crippen LogP contribution >= 0.6 is 0 Å². The fraction of sp³-hybridized carbons (Fsp3) is 0.154. The van der Waals surface area contributed by atoms with Crippen LogP contribution in [0.2, 0.25) is 0 Å². The maximum absolute atomic E-state index is 5.74. The molecule has 80 valence electrons. The molecule has 1 aromatic carbocycles. The summed E-state index contributed by atoms with van der Waals surface area (Å²) in [4.78, 5) is 4.10. The molecule has 3 heteroatoms. The van der Waals surface area contributed by atoms with Gasteiger partial charge in [0.05, 0.1) is 6.61 Å². The van der Waals surface area contributed by atoms with Gasteiger partial charge in [-0.05, 0) is 12.1 Å². The third kappa shape index (κ3) is 1.66. The number of benzene rings is 1. The molecule has 3 nitrogen and oxygen atoms in total. The molecule has 16 heavy (non-hydrogen) atoms. The van der Waals surface area contributed by atoms with Crippen molar-refractivity contribution in [1.29, 1.82) is 0 Å². The number of fused-ring (bicyclic) bond motifs is 1. The Morgan fingerprint density at radius 1 is 1.19 bits per heavy atom. The summed E-state index contributed by atoms with van der Waals surface area (Å²) in [7, 11) is 0. The minimum Gasteiger partial charge on any atom is -0.356 e. The van der Waals surface area contributed by atoms with Gasteiger partial charge in [0, 0.05) is 29.2 Å². The standard InChI is InChI=1S/C13H12N2O/c1-2-6-12-11(4-1)9-16-13(15-12)10-5-3-7-14-8-10/h1-8,13,15H,9H2. The van der Waals surface area contributed by atoms with Gasteiger partial charge in [-0.3, -0.25) is 4.98 Å². The molecule has 0 aliphatic carbocycles. The quantitative estimate of drug-likeness (QED) is 0.789. The summed E-state index contributed by atoms with van der Waals surface area (Å²) in [6.45, 7) is 0.642. The van der Waals surface area contributed by atoms with E-state index in [2.05, 4.69) is 22.4 Å². The molecule has 0 saturated carbocycles. The van der Waals surface area contributed by atoms with Crippen molar-refractivity contribution in [2.24, 2.45) is 0 Å². The minimum absolute atomic E-state index is 0.0939. The number of anilines is 1. The average molecular weight is 212 g/mol. The van der Waals surface area contributed by atoms with E-state index < -0.39 is 0 Å². The SMILES string of the molecule is c1cncc(C2Nc3ccccc3CO2)c1. The maximum Gasteiger partial charge on any atom is 0.155 e. The summed E-state index contributed by atoms with van der Waals surface area (Å²) in [5.41, 5.74) is 3.39. The van der Waals surface area contributed by atoms with E-state index in [0.717, 1.165) is 11.3 Å². The molecule has 2 aromatic rings. The van der Waals surface area contributed by atoms with Gasteiger partial charge in [-0.2, -0.15) is 0 Å². The van der Waals surface area contributed by atoms with Gasteiger partial charge in [0.15, 0.2) is 6.23 Å². The van der Waals surface area contributed by atoms with Crippen LogP contribution in [0.4, 0.5) is 5.69 Å². The lowest BCUT2D eigenvalue weighted by Crippen LogP contribution is -2.20. The number of aromatic nitrogens is 1. The normalized spacial score (nSPS) is 18.6. The Labute approximate surface area is 94.1 Å². The second kappa shape index (κ2) is 3.94. The van der Waals surface area contributed by atoms with E-state index in [9.17, 15) is 0 Å². The largest absolute Gasteiger partial charge is 0.356 e. The first kappa shape index (κ1) is 9.36. The maximum atomic E-state index is 5.74. The van der Waals surface area contributed by atoms with Crippen LogP contribution in [0.15, 0.2) is 48.8 Å². The van der Waals surface area contributed by atoms with Gasteiger partial charge in [0.2, 0.25) is 0 Å². The molecule has 2 heterocycles. The fourth-order valence-electron chi connectivity index (χ4n) is 1.85. The Kier molecular flexibility index (Phi) is 2.31. The van der Waals surface area contributed by atoms with Crippen molar-refractivity contribution in [2.45, 2.75) is 12.8 Å². The molecule has 3 rings (SSSR count). The first-order chi connectivity index (χ1) is 7.93. The zero-order valence-electron chi connectivity index (χ0n) is 8.76. The smallest absolute Gasteiger partial charge is 0.155 e. The molecule has 1 aromatic heterocycles. The molecule has 1 N–H and O–H groups in total. The van der Waals surface area contributed by atoms with Crippen LogP contribution in [0.3, 0.4) is 0 Å².